The van der Waals surface area contributed by atoms with E-state index in [1.54, 1.807) is 25.5 Å². The van der Waals surface area contributed by atoms with Crippen LogP contribution in [0.15, 0.2) is 39.6 Å². The third-order valence-corrected chi connectivity index (χ3v) is 2.25. The van der Waals surface area contributed by atoms with Gasteiger partial charge in [-0.3, -0.25) is 4.79 Å². The van der Waals surface area contributed by atoms with Crippen LogP contribution >= 0.6 is 0 Å². The SMILES string of the molecule is COC(CNC(=O)c1ccno1)c1ccco1. The van der Waals surface area contributed by atoms with Crippen molar-refractivity contribution >= 4 is 5.91 Å². The standard InChI is InChI=1S/C11H12N2O4/c1-15-10(8-3-2-6-16-8)7-12-11(14)9-4-5-13-17-9/h2-6,10H,7H2,1H3,(H,12,14). The highest BCUT2D eigenvalue weighted by atomic mass is 16.5. The van der Waals surface area contributed by atoms with Crippen LogP contribution < -0.4 is 5.32 Å². The van der Waals surface area contributed by atoms with Gasteiger partial charge < -0.3 is 19.0 Å². The van der Waals surface area contributed by atoms with Gasteiger partial charge in [0.15, 0.2) is 0 Å². The van der Waals surface area contributed by atoms with Crippen molar-refractivity contribution in [2.24, 2.45) is 0 Å². The van der Waals surface area contributed by atoms with E-state index in [1.807, 2.05) is 0 Å². The summed E-state index contributed by atoms with van der Waals surface area (Å²) in [5.74, 6) is 0.487. The number of rotatable bonds is 5. The zero-order chi connectivity index (χ0) is 12.1. The summed E-state index contributed by atoms with van der Waals surface area (Å²) in [4.78, 5) is 11.6. The molecule has 90 valence electrons. The molecule has 2 heterocycles. The van der Waals surface area contributed by atoms with E-state index in [2.05, 4.69) is 10.5 Å². The predicted molar refractivity (Wildman–Crippen MR) is 57.3 cm³/mol. The number of furan rings is 1. The third kappa shape index (κ3) is 2.73. The second-order valence-corrected chi connectivity index (χ2v) is 3.33. The zero-order valence-corrected chi connectivity index (χ0v) is 9.25. The quantitative estimate of drug-likeness (QED) is 0.848. The molecule has 6 heteroatoms. The third-order valence-electron chi connectivity index (χ3n) is 2.25. The Hall–Kier alpha value is -2.08. The number of aromatic nitrogens is 1. The second kappa shape index (κ2) is 5.31. The molecule has 2 aromatic heterocycles. The fourth-order valence-corrected chi connectivity index (χ4v) is 1.38. The molecule has 2 rings (SSSR count). The average molecular weight is 236 g/mol. The Labute approximate surface area is 97.5 Å². The Morgan fingerprint density at radius 2 is 2.47 bits per heavy atom. The molecule has 1 atom stereocenters. The van der Waals surface area contributed by atoms with Crippen molar-refractivity contribution in [1.29, 1.82) is 0 Å². The van der Waals surface area contributed by atoms with E-state index in [1.165, 1.54) is 12.3 Å². The Kier molecular flexibility index (Phi) is 3.56. The molecular formula is C11H12N2O4. The number of ether oxygens (including phenoxy) is 1. The molecule has 0 saturated carbocycles. The number of hydrogen-bond acceptors (Lipinski definition) is 5. The van der Waals surface area contributed by atoms with E-state index in [-0.39, 0.29) is 17.8 Å². The molecule has 17 heavy (non-hydrogen) atoms. The lowest BCUT2D eigenvalue weighted by atomic mass is 10.2. The largest absolute Gasteiger partial charge is 0.467 e. The Morgan fingerprint density at radius 3 is 3.06 bits per heavy atom. The molecule has 0 spiro atoms. The summed E-state index contributed by atoms with van der Waals surface area (Å²) in [7, 11) is 1.55. The summed E-state index contributed by atoms with van der Waals surface area (Å²) < 4.78 is 15.1. The lowest BCUT2D eigenvalue weighted by molar-refractivity contribution is 0.0720. The molecule has 6 nitrogen and oxygen atoms in total. The van der Waals surface area contributed by atoms with Crippen molar-refractivity contribution in [2.75, 3.05) is 13.7 Å². The van der Waals surface area contributed by atoms with Gasteiger partial charge in [0.1, 0.15) is 11.9 Å². The molecule has 0 saturated heterocycles. The van der Waals surface area contributed by atoms with Gasteiger partial charge in [-0.1, -0.05) is 5.16 Å². The van der Waals surface area contributed by atoms with Crippen molar-refractivity contribution in [1.82, 2.24) is 10.5 Å². The minimum Gasteiger partial charge on any atom is -0.467 e. The first-order valence-electron chi connectivity index (χ1n) is 5.06. The Bertz CT molecular complexity index is 450. The van der Waals surface area contributed by atoms with E-state index in [4.69, 9.17) is 13.7 Å². The summed E-state index contributed by atoms with van der Waals surface area (Å²) in [6.45, 7) is 0.295. The van der Waals surface area contributed by atoms with Crippen LogP contribution in [0.4, 0.5) is 0 Å². The van der Waals surface area contributed by atoms with Crippen molar-refractivity contribution < 1.29 is 18.5 Å². The average Bonchev–Trinajstić information content (AvgIpc) is 3.02. The normalized spacial score (nSPS) is 12.3. The van der Waals surface area contributed by atoms with Crippen LogP contribution in [-0.2, 0) is 4.74 Å². The van der Waals surface area contributed by atoms with E-state index < -0.39 is 0 Å². The highest BCUT2D eigenvalue weighted by Gasteiger charge is 2.16. The maximum atomic E-state index is 11.6. The summed E-state index contributed by atoms with van der Waals surface area (Å²) in [6.07, 6.45) is 2.64. The van der Waals surface area contributed by atoms with E-state index >= 15 is 0 Å². The number of hydrogen-bond donors (Lipinski definition) is 1. The van der Waals surface area contributed by atoms with Gasteiger partial charge in [0.05, 0.1) is 19.0 Å². The molecule has 2 aromatic rings. The van der Waals surface area contributed by atoms with E-state index in [0.717, 1.165) is 0 Å². The van der Waals surface area contributed by atoms with Gasteiger partial charge in [0.2, 0.25) is 5.76 Å². The van der Waals surface area contributed by atoms with Gasteiger partial charge in [-0.25, -0.2) is 0 Å². The van der Waals surface area contributed by atoms with E-state index in [9.17, 15) is 4.79 Å². The van der Waals surface area contributed by atoms with Crippen LogP contribution in [0.2, 0.25) is 0 Å². The summed E-state index contributed by atoms with van der Waals surface area (Å²) in [5.41, 5.74) is 0. The van der Waals surface area contributed by atoms with Gasteiger partial charge >= 0.3 is 0 Å². The van der Waals surface area contributed by atoms with Crippen LogP contribution in [0.1, 0.15) is 22.4 Å². The number of methoxy groups -OCH3 is 1. The Balaban J connectivity index is 1.91. The first kappa shape index (κ1) is 11.4. The molecule has 1 amide bonds. The number of amides is 1. The molecular weight excluding hydrogens is 224 g/mol. The van der Waals surface area contributed by atoms with Crippen LogP contribution in [0.25, 0.3) is 0 Å². The molecule has 0 aromatic carbocycles. The molecule has 0 bridgehead atoms. The minimum absolute atomic E-state index is 0.166. The topological polar surface area (TPSA) is 77.5 Å². The van der Waals surface area contributed by atoms with Crippen LogP contribution in [0, 0.1) is 0 Å². The van der Waals surface area contributed by atoms with Crippen molar-refractivity contribution in [3.8, 4) is 0 Å². The lowest BCUT2D eigenvalue weighted by Crippen LogP contribution is -2.28. The first-order valence-corrected chi connectivity index (χ1v) is 5.06. The Morgan fingerprint density at radius 1 is 1.59 bits per heavy atom. The number of nitrogens with one attached hydrogen (secondary N) is 1. The molecule has 0 aliphatic heterocycles. The predicted octanol–water partition coefficient (Wildman–Crippen LogP) is 1.39. The maximum absolute atomic E-state index is 11.6. The molecule has 0 aliphatic rings. The second-order valence-electron chi connectivity index (χ2n) is 3.33. The highest BCUT2D eigenvalue weighted by Crippen LogP contribution is 2.15. The molecule has 1 N–H and O–H groups in total. The van der Waals surface area contributed by atoms with Gasteiger partial charge in [-0.15, -0.1) is 0 Å². The molecule has 1 unspecified atom stereocenters. The molecule has 0 fully saturated rings. The molecule has 0 aliphatic carbocycles. The van der Waals surface area contributed by atoms with Gasteiger partial charge in [-0.2, -0.15) is 0 Å². The number of carbonyl (C=O) groups is 1. The maximum Gasteiger partial charge on any atom is 0.289 e. The van der Waals surface area contributed by atoms with Crippen LogP contribution in [-0.4, -0.2) is 24.7 Å². The highest BCUT2D eigenvalue weighted by molar-refractivity contribution is 5.91. The van der Waals surface area contributed by atoms with Crippen LogP contribution in [0.5, 0.6) is 0 Å². The van der Waals surface area contributed by atoms with Gasteiger partial charge in [0, 0.05) is 13.2 Å². The summed E-state index contributed by atoms with van der Waals surface area (Å²) >= 11 is 0. The summed E-state index contributed by atoms with van der Waals surface area (Å²) in [6, 6.07) is 5.04. The van der Waals surface area contributed by atoms with Gasteiger partial charge in [-0.05, 0) is 12.1 Å². The van der Waals surface area contributed by atoms with Crippen molar-refractivity contribution in [3.05, 3.63) is 42.2 Å². The zero-order valence-electron chi connectivity index (χ0n) is 9.25. The van der Waals surface area contributed by atoms with Crippen molar-refractivity contribution in [3.63, 3.8) is 0 Å². The van der Waals surface area contributed by atoms with Crippen molar-refractivity contribution in [2.45, 2.75) is 6.10 Å². The fourth-order valence-electron chi connectivity index (χ4n) is 1.38. The molecule has 0 radical (unpaired) electrons. The number of carbonyl (C=O) groups excluding carboxylic acids is 1. The van der Waals surface area contributed by atoms with Crippen LogP contribution in [0.3, 0.4) is 0 Å². The fraction of sp³-hybridized carbons (Fsp3) is 0.273. The summed E-state index contributed by atoms with van der Waals surface area (Å²) in [5, 5.41) is 6.12. The van der Waals surface area contributed by atoms with E-state index in [0.29, 0.717) is 12.3 Å². The number of nitrogens with zero attached hydrogens (tertiary/aromatic N) is 1. The smallest absolute Gasteiger partial charge is 0.289 e. The minimum atomic E-state index is -0.337. The van der Waals surface area contributed by atoms with Gasteiger partial charge in [0.25, 0.3) is 5.91 Å². The monoisotopic (exact) mass is 236 g/mol. The lowest BCUT2D eigenvalue weighted by Gasteiger charge is -2.12. The first-order chi connectivity index (χ1) is 8.31.